The van der Waals surface area contributed by atoms with Crippen LogP contribution >= 0.6 is 0 Å². The number of hydrogen-bond donors (Lipinski definition) is 0. The molecule has 0 atom stereocenters. The number of rotatable bonds is 2. The maximum atomic E-state index is 4.20. The number of aryl methyl sites for hydroxylation is 2. The van der Waals surface area contributed by atoms with Gasteiger partial charge in [-0.3, -0.25) is 0 Å². The van der Waals surface area contributed by atoms with E-state index in [-0.39, 0.29) is 0 Å². The zero-order chi connectivity index (χ0) is 11.0. The van der Waals surface area contributed by atoms with Gasteiger partial charge in [-0.2, -0.15) is 0 Å². The van der Waals surface area contributed by atoms with Crippen molar-refractivity contribution in [3.05, 3.63) is 41.0 Å². The van der Waals surface area contributed by atoms with E-state index in [4.69, 9.17) is 0 Å². The fourth-order valence-electron chi connectivity index (χ4n) is 2.53. The lowest BCUT2D eigenvalue weighted by Gasteiger charge is -2.14. The predicted molar refractivity (Wildman–Crippen MR) is 67.1 cm³/mol. The van der Waals surface area contributed by atoms with Crippen LogP contribution in [-0.2, 0) is 12.8 Å². The molecule has 1 aromatic rings. The Morgan fingerprint density at radius 2 is 2.00 bits per heavy atom. The molecule has 0 saturated heterocycles. The molecule has 1 aliphatic rings. The van der Waals surface area contributed by atoms with Crippen LogP contribution in [0.5, 0.6) is 0 Å². The van der Waals surface area contributed by atoms with Gasteiger partial charge in [-0.1, -0.05) is 32.6 Å². The first-order valence-corrected chi connectivity index (χ1v) is 5.89. The molecule has 1 aliphatic carbocycles. The molecular formula is C15H20. The van der Waals surface area contributed by atoms with E-state index in [1.54, 1.807) is 5.56 Å². The summed E-state index contributed by atoms with van der Waals surface area (Å²) >= 11 is 0. The summed E-state index contributed by atoms with van der Waals surface area (Å²) in [7, 11) is 0. The molecule has 0 saturated carbocycles. The van der Waals surface area contributed by atoms with Crippen molar-refractivity contribution in [3.8, 4) is 0 Å². The Balaban J connectivity index is 2.52. The highest BCUT2D eigenvalue weighted by Crippen LogP contribution is 2.36. The Hall–Kier alpha value is -1.04. The highest BCUT2D eigenvalue weighted by molar-refractivity contribution is 5.74. The maximum Gasteiger partial charge on any atom is -0.0163 e. The number of benzene rings is 1. The minimum atomic E-state index is 0.726. The molecule has 0 nitrogen and oxygen atoms in total. The Morgan fingerprint density at radius 1 is 1.27 bits per heavy atom. The lowest BCUT2D eigenvalue weighted by molar-refractivity contribution is 0.644. The second-order valence-electron chi connectivity index (χ2n) is 5.10. The molecule has 0 aromatic heterocycles. The molecule has 0 spiro atoms. The lowest BCUT2D eigenvalue weighted by atomic mass is 9.90. The Labute approximate surface area is 93.0 Å². The van der Waals surface area contributed by atoms with Crippen molar-refractivity contribution in [2.75, 3.05) is 0 Å². The van der Waals surface area contributed by atoms with Crippen molar-refractivity contribution in [2.24, 2.45) is 5.92 Å². The van der Waals surface area contributed by atoms with Gasteiger partial charge in [-0.15, -0.1) is 0 Å². The number of fused-ring (bicyclic) bond motifs is 1. The quantitative estimate of drug-likeness (QED) is 0.672. The third-order valence-corrected chi connectivity index (χ3v) is 3.30. The van der Waals surface area contributed by atoms with E-state index < -0.39 is 0 Å². The van der Waals surface area contributed by atoms with E-state index in [1.165, 1.54) is 35.1 Å². The molecular weight excluding hydrogens is 180 g/mol. The molecule has 0 bridgehead atoms. The summed E-state index contributed by atoms with van der Waals surface area (Å²) in [5.74, 6) is 0.726. The van der Waals surface area contributed by atoms with Crippen molar-refractivity contribution in [2.45, 2.75) is 40.0 Å². The summed E-state index contributed by atoms with van der Waals surface area (Å²) < 4.78 is 0. The molecule has 0 aliphatic heterocycles. The maximum absolute atomic E-state index is 4.20. The fraction of sp³-hybridized carbons (Fsp3) is 0.467. The van der Waals surface area contributed by atoms with Crippen LogP contribution in [-0.4, -0.2) is 0 Å². The van der Waals surface area contributed by atoms with Crippen molar-refractivity contribution in [3.63, 3.8) is 0 Å². The van der Waals surface area contributed by atoms with Gasteiger partial charge >= 0.3 is 0 Å². The van der Waals surface area contributed by atoms with Crippen molar-refractivity contribution in [1.29, 1.82) is 0 Å². The molecule has 0 amide bonds. The van der Waals surface area contributed by atoms with Gasteiger partial charge in [-0.05, 0) is 59.9 Å². The lowest BCUT2D eigenvalue weighted by Crippen LogP contribution is -2.01. The highest BCUT2D eigenvalue weighted by Gasteiger charge is 2.19. The Morgan fingerprint density at radius 3 is 2.67 bits per heavy atom. The standard InChI is InChI=1S/C15H20/c1-10(2)9-14-11(3)5-7-13-8-6-12(4)15(13)14/h5,7,10H,4,6,8-9H2,1-3H3. The van der Waals surface area contributed by atoms with E-state index in [0.29, 0.717) is 0 Å². The van der Waals surface area contributed by atoms with E-state index in [0.717, 1.165) is 12.3 Å². The first kappa shape index (κ1) is 10.5. The van der Waals surface area contributed by atoms with Gasteiger partial charge in [-0.25, -0.2) is 0 Å². The summed E-state index contributed by atoms with van der Waals surface area (Å²) in [6, 6.07) is 4.56. The number of allylic oxidation sites excluding steroid dienone is 1. The zero-order valence-corrected chi connectivity index (χ0v) is 10.1. The average molecular weight is 200 g/mol. The summed E-state index contributed by atoms with van der Waals surface area (Å²) in [5.41, 5.74) is 7.34. The first-order valence-electron chi connectivity index (χ1n) is 5.89. The molecule has 0 fully saturated rings. The molecule has 1 aromatic carbocycles. The van der Waals surface area contributed by atoms with Gasteiger partial charge in [0.15, 0.2) is 0 Å². The summed E-state index contributed by atoms with van der Waals surface area (Å²) in [6.07, 6.45) is 3.54. The van der Waals surface area contributed by atoms with Crippen LogP contribution in [0.4, 0.5) is 0 Å². The van der Waals surface area contributed by atoms with Gasteiger partial charge in [0.1, 0.15) is 0 Å². The molecule has 15 heavy (non-hydrogen) atoms. The van der Waals surface area contributed by atoms with Crippen LogP contribution < -0.4 is 0 Å². The minimum absolute atomic E-state index is 0.726. The predicted octanol–water partition coefficient (Wildman–Crippen LogP) is 4.15. The van der Waals surface area contributed by atoms with Gasteiger partial charge in [0, 0.05) is 0 Å². The van der Waals surface area contributed by atoms with Gasteiger partial charge in [0.05, 0.1) is 0 Å². The van der Waals surface area contributed by atoms with Gasteiger partial charge < -0.3 is 0 Å². The molecule has 0 radical (unpaired) electrons. The van der Waals surface area contributed by atoms with E-state index in [9.17, 15) is 0 Å². The summed E-state index contributed by atoms with van der Waals surface area (Å²) in [5, 5.41) is 0. The van der Waals surface area contributed by atoms with Gasteiger partial charge in [0.25, 0.3) is 0 Å². The fourth-order valence-corrected chi connectivity index (χ4v) is 2.53. The largest absolute Gasteiger partial charge is 0.0952 e. The highest BCUT2D eigenvalue weighted by atomic mass is 14.2. The SMILES string of the molecule is C=C1CCc2ccc(C)c(CC(C)C)c21. The third kappa shape index (κ3) is 1.86. The van der Waals surface area contributed by atoms with E-state index >= 15 is 0 Å². The van der Waals surface area contributed by atoms with Crippen LogP contribution in [0, 0.1) is 12.8 Å². The summed E-state index contributed by atoms with van der Waals surface area (Å²) in [4.78, 5) is 0. The van der Waals surface area contributed by atoms with Crippen LogP contribution in [0.15, 0.2) is 18.7 Å². The second kappa shape index (κ2) is 3.84. The van der Waals surface area contributed by atoms with E-state index in [1.807, 2.05) is 0 Å². The smallest absolute Gasteiger partial charge is 0.0163 e. The van der Waals surface area contributed by atoms with Crippen LogP contribution in [0.1, 0.15) is 42.5 Å². The Bertz CT molecular complexity index is 397. The van der Waals surface area contributed by atoms with E-state index in [2.05, 4.69) is 39.5 Å². The number of hydrogen-bond acceptors (Lipinski definition) is 0. The van der Waals surface area contributed by atoms with Crippen molar-refractivity contribution in [1.82, 2.24) is 0 Å². The molecule has 2 rings (SSSR count). The second-order valence-corrected chi connectivity index (χ2v) is 5.10. The molecule has 0 N–H and O–H groups in total. The average Bonchev–Trinajstić information content (AvgIpc) is 2.52. The molecule has 0 heteroatoms. The monoisotopic (exact) mass is 200 g/mol. The third-order valence-electron chi connectivity index (χ3n) is 3.30. The van der Waals surface area contributed by atoms with Crippen molar-refractivity contribution < 1.29 is 0 Å². The van der Waals surface area contributed by atoms with Gasteiger partial charge in [0.2, 0.25) is 0 Å². The topological polar surface area (TPSA) is 0 Å². The van der Waals surface area contributed by atoms with Crippen LogP contribution in [0.3, 0.4) is 0 Å². The first-order chi connectivity index (χ1) is 7.09. The van der Waals surface area contributed by atoms with Crippen molar-refractivity contribution >= 4 is 5.57 Å². The Kier molecular flexibility index (Phi) is 2.68. The normalized spacial score (nSPS) is 14.8. The minimum Gasteiger partial charge on any atom is -0.0952 e. The zero-order valence-electron chi connectivity index (χ0n) is 10.1. The summed E-state index contributed by atoms with van der Waals surface area (Å²) in [6.45, 7) is 11.0. The van der Waals surface area contributed by atoms with Crippen LogP contribution in [0.2, 0.25) is 0 Å². The van der Waals surface area contributed by atoms with Crippen LogP contribution in [0.25, 0.3) is 5.57 Å². The molecule has 80 valence electrons. The molecule has 0 unspecified atom stereocenters. The molecule has 0 heterocycles.